The molecule has 0 aliphatic heterocycles. The van der Waals surface area contributed by atoms with Gasteiger partial charge >= 0.3 is 6.09 Å². The summed E-state index contributed by atoms with van der Waals surface area (Å²) in [5.74, 6) is 0. The van der Waals surface area contributed by atoms with Crippen LogP contribution >= 0.6 is 0 Å². The first-order valence-corrected chi connectivity index (χ1v) is 5.48. The molecule has 1 saturated carbocycles. The Hall–Kier alpha value is -1.55. The molecule has 1 aliphatic carbocycles. The maximum Gasteiger partial charge on any atom is 0.407 e. The maximum atomic E-state index is 11.4. The molecule has 1 aliphatic rings. The van der Waals surface area contributed by atoms with E-state index >= 15 is 0 Å². The van der Waals surface area contributed by atoms with Gasteiger partial charge in [-0.2, -0.15) is 0 Å². The van der Waals surface area contributed by atoms with Crippen LogP contribution in [0.3, 0.4) is 0 Å². The fraction of sp³-hybridized carbons (Fsp3) is 0.417. The van der Waals surface area contributed by atoms with Crippen molar-refractivity contribution in [1.82, 2.24) is 5.32 Å². The van der Waals surface area contributed by atoms with Gasteiger partial charge < -0.3 is 15.8 Å². The van der Waals surface area contributed by atoms with Crippen molar-refractivity contribution in [2.45, 2.75) is 31.5 Å². The summed E-state index contributed by atoms with van der Waals surface area (Å²) in [6, 6.07) is 9.93. The van der Waals surface area contributed by atoms with Gasteiger partial charge in [0.2, 0.25) is 0 Å². The molecule has 3 N–H and O–H groups in total. The minimum Gasteiger partial charge on any atom is -0.446 e. The van der Waals surface area contributed by atoms with E-state index in [0.29, 0.717) is 6.54 Å². The average molecular weight is 220 g/mol. The number of nitrogens with two attached hydrogens (primary N) is 1. The standard InChI is InChI=1S/C12H16N2O2/c13-10-6-11(7-10)16-12(15)14-8-9-4-2-1-3-5-9/h1-5,10-11H,6-8,13H2,(H,14,15). The average Bonchev–Trinajstić information content (AvgIpc) is 2.26. The Labute approximate surface area is 94.8 Å². The highest BCUT2D eigenvalue weighted by Gasteiger charge is 2.29. The first-order valence-electron chi connectivity index (χ1n) is 5.48. The van der Waals surface area contributed by atoms with Crippen molar-refractivity contribution in [3.05, 3.63) is 35.9 Å². The second kappa shape index (κ2) is 4.99. The first-order chi connectivity index (χ1) is 7.74. The van der Waals surface area contributed by atoms with Crippen LogP contribution in [-0.4, -0.2) is 18.2 Å². The van der Waals surface area contributed by atoms with Crippen LogP contribution in [0.15, 0.2) is 30.3 Å². The number of amides is 1. The van der Waals surface area contributed by atoms with Crippen LogP contribution in [0.25, 0.3) is 0 Å². The van der Waals surface area contributed by atoms with Gasteiger partial charge in [-0.25, -0.2) is 4.79 Å². The minimum atomic E-state index is -0.360. The third kappa shape index (κ3) is 2.97. The van der Waals surface area contributed by atoms with Gasteiger partial charge in [-0.3, -0.25) is 0 Å². The van der Waals surface area contributed by atoms with Crippen molar-refractivity contribution in [2.24, 2.45) is 5.73 Å². The number of nitrogens with one attached hydrogen (secondary N) is 1. The SMILES string of the molecule is NC1CC(OC(=O)NCc2ccccc2)C1. The minimum absolute atomic E-state index is 0.00535. The molecule has 1 amide bonds. The van der Waals surface area contributed by atoms with Crippen molar-refractivity contribution < 1.29 is 9.53 Å². The lowest BCUT2D eigenvalue weighted by atomic mass is 9.90. The smallest absolute Gasteiger partial charge is 0.407 e. The Morgan fingerprint density at radius 3 is 2.69 bits per heavy atom. The van der Waals surface area contributed by atoms with E-state index in [2.05, 4.69) is 5.32 Å². The van der Waals surface area contributed by atoms with Gasteiger partial charge in [-0.15, -0.1) is 0 Å². The highest BCUT2D eigenvalue weighted by molar-refractivity contribution is 5.67. The molecule has 4 heteroatoms. The fourth-order valence-corrected chi connectivity index (χ4v) is 1.67. The summed E-state index contributed by atoms with van der Waals surface area (Å²) in [5, 5.41) is 2.71. The molecule has 0 saturated heterocycles. The third-order valence-electron chi connectivity index (χ3n) is 2.68. The number of carbonyl (C=O) groups excluding carboxylic acids is 1. The van der Waals surface area contributed by atoms with Crippen LogP contribution < -0.4 is 11.1 Å². The zero-order chi connectivity index (χ0) is 11.4. The lowest BCUT2D eigenvalue weighted by Crippen LogP contribution is -2.44. The van der Waals surface area contributed by atoms with E-state index in [4.69, 9.17) is 10.5 Å². The van der Waals surface area contributed by atoms with Crippen molar-refractivity contribution >= 4 is 6.09 Å². The van der Waals surface area contributed by atoms with Crippen molar-refractivity contribution in [2.75, 3.05) is 0 Å². The zero-order valence-corrected chi connectivity index (χ0v) is 9.06. The van der Waals surface area contributed by atoms with Gasteiger partial charge in [0.15, 0.2) is 0 Å². The highest BCUT2D eigenvalue weighted by atomic mass is 16.6. The number of hydrogen-bond donors (Lipinski definition) is 2. The van der Waals surface area contributed by atoms with Gasteiger partial charge in [-0.1, -0.05) is 30.3 Å². The Morgan fingerprint density at radius 2 is 2.06 bits per heavy atom. The number of alkyl carbamates (subject to hydrolysis) is 1. The van der Waals surface area contributed by atoms with Gasteiger partial charge in [0.05, 0.1) is 0 Å². The molecule has 0 radical (unpaired) electrons. The van der Waals surface area contributed by atoms with Crippen LogP contribution in [0.2, 0.25) is 0 Å². The molecule has 2 rings (SSSR count). The summed E-state index contributed by atoms with van der Waals surface area (Å²) in [6.45, 7) is 0.498. The number of rotatable bonds is 3. The Balaban J connectivity index is 1.68. The fourth-order valence-electron chi connectivity index (χ4n) is 1.67. The van der Waals surface area contributed by atoms with Crippen LogP contribution in [0, 0.1) is 0 Å². The van der Waals surface area contributed by atoms with Crippen molar-refractivity contribution in [1.29, 1.82) is 0 Å². The lowest BCUT2D eigenvalue weighted by Gasteiger charge is -2.31. The summed E-state index contributed by atoms with van der Waals surface area (Å²) in [7, 11) is 0. The van der Waals surface area contributed by atoms with E-state index < -0.39 is 0 Å². The summed E-state index contributed by atoms with van der Waals surface area (Å²) in [5.41, 5.74) is 6.66. The van der Waals surface area contributed by atoms with Crippen LogP contribution in [0.1, 0.15) is 18.4 Å². The molecule has 1 aromatic rings. The van der Waals surface area contributed by atoms with E-state index in [1.54, 1.807) is 0 Å². The molecule has 0 aromatic heterocycles. The van der Waals surface area contributed by atoms with Crippen LogP contribution in [-0.2, 0) is 11.3 Å². The topological polar surface area (TPSA) is 64.3 Å². The van der Waals surface area contributed by atoms with Gasteiger partial charge in [-0.05, 0) is 18.4 Å². The van der Waals surface area contributed by atoms with Gasteiger partial charge in [0.1, 0.15) is 6.10 Å². The molecule has 86 valence electrons. The molecule has 1 aromatic carbocycles. The summed E-state index contributed by atoms with van der Waals surface area (Å²) in [6.07, 6.45) is 1.20. The van der Waals surface area contributed by atoms with Crippen molar-refractivity contribution in [3.63, 3.8) is 0 Å². The Bertz CT molecular complexity index is 347. The number of ether oxygens (including phenoxy) is 1. The predicted molar refractivity (Wildman–Crippen MR) is 60.8 cm³/mol. The second-order valence-electron chi connectivity index (χ2n) is 4.10. The van der Waals surface area contributed by atoms with E-state index in [1.165, 1.54) is 0 Å². The number of hydrogen-bond acceptors (Lipinski definition) is 3. The first kappa shape index (κ1) is 11.0. The molecule has 0 heterocycles. The van der Waals surface area contributed by atoms with Crippen molar-refractivity contribution in [3.8, 4) is 0 Å². The molecule has 1 fully saturated rings. The molecule has 0 spiro atoms. The largest absolute Gasteiger partial charge is 0.446 e. The summed E-state index contributed by atoms with van der Waals surface area (Å²) >= 11 is 0. The zero-order valence-electron chi connectivity index (χ0n) is 9.06. The lowest BCUT2D eigenvalue weighted by molar-refractivity contribution is 0.0410. The van der Waals surface area contributed by atoms with Gasteiger partial charge in [0, 0.05) is 12.6 Å². The number of carbonyl (C=O) groups is 1. The second-order valence-corrected chi connectivity index (χ2v) is 4.10. The summed E-state index contributed by atoms with van der Waals surface area (Å²) < 4.78 is 5.15. The van der Waals surface area contributed by atoms with Crippen LogP contribution in [0.5, 0.6) is 0 Å². The number of benzene rings is 1. The molecule has 0 unspecified atom stereocenters. The predicted octanol–water partition coefficient (Wildman–Crippen LogP) is 1.40. The Kier molecular flexibility index (Phi) is 3.41. The quantitative estimate of drug-likeness (QED) is 0.809. The molecular weight excluding hydrogens is 204 g/mol. The highest BCUT2D eigenvalue weighted by Crippen LogP contribution is 2.21. The van der Waals surface area contributed by atoms with E-state index in [0.717, 1.165) is 18.4 Å². The monoisotopic (exact) mass is 220 g/mol. The van der Waals surface area contributed by atoms with E-state index in [1.807, 2.05) is 30.3 Å². The van der Waals surface area contributed by atoms with Gasteiger partial charge in [0.25, 0.3) is 0 Å². The third-order valence-corrected chi connectivity index (χ3v) is 2.68. The van der Waals surface area contributed by atoms with E-state index in [-0.39, 0.29) is 18.2 Å². The Morgan fingerprint density at radius 1 is 1.38 bits per heavy atom. The van der Waals surface area contributed by atoms with E-state index in [9.17, 15) is 4.79 Å². The molecule has 4 nitrogen and oxygen atoms in total. The molecule has 0 atom stereocenters. The molecular formula is C12H16N2O2. The normalized spacial score (nSPS) is 23.3. The molecule has 16 heavy (non-hydrogen) atoms. The summed E-state index contributed by atoms with van der Waals surface area (Å²) in [4.78, 5) is 11.4. The molecule has 0 bridgehead atoms. The maximum absolute atomic E-state index is 11.4. The van der Waals surface area contributed by atoms with Crippen LogP contribution in [0.4, 0.5) is 4.79 Å².